The van der Waals surface area contributed by atoms with E-state index in [9.17, 15) is 0 Å². The monoisotopic (exact) mass is 348 g/mol. The highest BCUT2D eigenvalue weighted by Gasteiger charge is 2.21. The van der Waals surface area contributed by atoms with Crippen molar-refractivity contribution in [2.75, 3.05) is 13.2 Å². The molecule has 1 aliphatic carbocycles. The second-order valence-electron chi connectivity index (χ2n) is 7.52. The fraction of sp³-hybridized carbons (Fsp3) is 0.833. The maximum absolute atomic E-state index is 5.72. The summed E-state index contributed by atoms with van der Waals surface area (Å²) in [7, 11) is 1.98. The molecule has 2 heterocycles. The Labute approximate surface area is 150 Å². The van der Waals surface area contributed by atoms with E-state index in [0.29, 0.717) is 18.7 Å². The Morgan fingerprint density at radius 1 is 1.28 bits per heavy atom. The van der Waals surface area contributed by atoms with Crippen LogP contribution in [0, 0.1) is 12.8 Å². The van der Waals surface area contributed by atoms with Gasteiger partial charge in [0.15, 0.2) is 11.8 Å². The number of guanidine groups is 1. The third-order valence-corrected chi connectivity index (χ3v) is 5.36. The van der Waals surface area contributed by atoms with Gasteiger partial charge in [0.05, 0.1) is 6.10 Å². The molecule has 0 amide bonds. The maximum Gasteiger partial charge on any atom is 0.192 e. The zero-order valence-electron chi connectivity index (χ0n) is 15.8. The van der Waals surface area contributed by atoms with E-state index in [1.807, 2.05) is 18.5 Å². The van der Waals surface area contributed by atoms with E-state index in [2.05, 4.69) is 27.8 Å². The van der Waals surface area contributed by atoms with E-state index in [4.69, 9.17) is 9.73 Å². The van der Waals surface area contributed by atoms with Crippen molar-refractivity contribution >= 4 is 5.96 Å². The average Bonchev–Trinajstić information content (AvgIpc) is 3.22. The zero-order valence-corrected chi connectivity index (χ0v) is 15.8. The van der Waals surface area contributed by atoms with Gasteiger partial charge in [0.2, 0.25) is 0 Å². The third-order valence-electron chi connectivity index (χ3n) is 5.36. The quantitative estimate of drug-likeness (QED) is 0.628. The lowest BCUT2D eigenvalue weighted by molar-refractivity contribution is 0.113. The summed E-state index contributed by atoms with van der Waals surface area (Å²) in [6, 6.07) is 0.501. The van der Waals surface area contributed by atoms with Gasteiger partial charge in [-0.1, -0.05) is 19.8 Å². The fourth-order valence-corrected chi connectivity index (χ4v) is 3.67. The highest BCUT2D eigenvalue weighted by atomic mass is 16.5. The molecule has 0 aromatic carbocycles. The molecule has 1 aromatic heterocycles. The number of hydrogen-bond acceptors (Lipinski definition) is 4. The molecule has 3 unspecified atom stereocenters. The van der Waals surface area contributed by atoms with Crippen molar-refractivity contribution < 1.29 is 4.74 Å². The lowest BCUT2D eigenvalue weighted by Crippen LogP contribution is -2.47. The van der Waals surface area contributed by atoms with E-state index in [1.54, 1.807) is 0 Å². The van der Waals surface area contributed by atoms with Crippen LogP contribution in [0.15, 0.2) is 4.99 Å². The molecular formula is C18H32N6O. The molecular weight excluding hydrogens is 316 g/mol. The highest BCUT2D eigenvalue weighted by molar-refractivity contribution is 5.80. The summed E-state index contributed by atoms with van der Waals surface area (Å²) in [4.78, 5) is 4.76. The molecule has 0 radical (unpaired) electrons. The molecule has 2 fully saturated rings. The van der Waals surface area contributed by atoms with E-state index >= 15 is 0 Å². The first kappa shape index (κ1) is 18.2. The van der Waals surface area contributed by atoms with Gasteiger partial charge < -0.3 is 19.9 Å². The molecule has 2 N–H and O–H groups in total. The van der Waals surface area contributed by atoms with E-state index < -0.39 is 0 Å². The highest BCUT2D eigenvalue weighted by Crippen LogP contribution is 2.23. The molecule has 1 aromatic rings. The maximum atomic E-state index is 5.72. The summed E-state index contributed by atoms with van der Waals surface area (Å²) in [5.41, 5.74) is 0. The SMILES string of the molecule is Cc1nnc(CN=C(NCC2CCCO2)NC2CCCC(C)C2)n1C. The van der Waals surface area contributed by atoms with Crippen molar-refractivity contribution in [2.24, 2.45) is 18.0 Å². The van der Waals surface area contributed by atoms with Crippen LogP contribution in [0.25, 0.3) is 0 Å². The van der Waals surface area contributed by atoms with Crippen LogP contribution in [0.4, 0.5) is 0 Å². The number of aryl methyl sites for hydroxylation is 1. The summed E-state index contributed by atoms with van der Waals surface area (Å²) in [5.74, 6) is 3.45. The van der Waals surface area contributed by atoms with Crippen LogP contribution in [-0.2, 0) is 18.3 Å². The lowest BCUT2D eigenvalue weighted by Gasteiger charge is -2.29. The molecule has 1 saturated heterocycles. The predicted octanol–water partition coefficient (Wildman–Crippen LogP) is 1.92. The van der Waals surface area contributed by atoms with Crippen LogP contribution in [0.2, 0.25) is 0 Å². The van der Waals surface area contributed by atoms with Crippen molar-refractivity contribution in [3.63, 3.8) is 0 Å². The Morgan fingerprint density at radius 3 is 2.84 bits per heavy atom. The minimum Gasteiger partial charge on any atom is -0.376 e. The van der Waals surface area contributed by atoms with Crippen LogP contribution >= 0.6 is 0 Å². The third kappa shape index (κ3) is 5.17. The number of aromatic nitrogens is 3. The molecule has 0 spiro atoms. The standard InChI is InChI=1S/C18H32N6O/c1-13-6-4-7-15(10-13)21-18(19-11-16-8-5-9-25-16)20-12-17-23-22-14(2)24(17)3/h13,15-16H,4-12H2,1-3H3,(H2,19,20,21). The molecule has 1 aliphatic heterocycles. The van der Waals surface area contributed by atoms with E-state index in [0.717, 1.165) is 49.5 Å². The molecule has 3 atom stereocenters. The van der Waals surface area contributed by atoms with Crippen molar-refractivity contribution in [2.45, 2.75) is 71.1 Å². The Morgan fingerprint density at radius 2 is 2.16 bits per heavy atom. The number of hydrogen-bond donors (Lipinski definition) is 2. The minimum absolute atomic E-state index is 0.300. The predicted molar refractivity (Wildman–Crippen MR) is 98.4 cm³/mol. The molecule has 0 bridgehead atoms. The Balaban J connectivity index is 1.61. The number of aliphatic imine (C=N–C) groups is 1. The van der Waals surface area contributed by atoms with E-state index in [1.165, 1.54) is 25.7 Å². The summed E-state index contributed by atoms with van der Waals surface area (Å²) < 4.78 is 7.71. The van der Waals surface area contributed by atoms with Gasteiger partial charge >= 0.3 is 0 Å². The first-order valence-electron chi connectivity index (χ1n) is 9.63. The van der Waals surface area contributed by atoms with Gasteiger partial charge in [0.1, 0.15) is 12.4 Å². The second-order valence-corrected chi connectivity index (χ2v) is 7.52. The molecule has 7 nitrogen and oxygen atoms in total. The number of ether oxygens (including phenoxy) is 1. The number of nitrogens with zero attached hydrogens (tertiary/aromatic N) is 4. The van der Waals surface area contributed by atoms with Gasteiger partial charge in [-0.05, 0) is 38.5 Å². The van der Waals surface area contributed by atoms with Gasteiger partial charge in [-0.2, -0.15) is 0 Å². The molecule has 140 valence electrons. The molecule has 1 saturated carbocycles. The second kappa shape index (κ2) is 8.65. The summed E-state index contributed by atoms with van der Waals surface area (Å²) in [5, 5.41) is 15.4. The van der Waals surface area contributed by atoms with Gasteiger partial charge in [-0.3, -0.25) is 0 Å². The average molecular weight is 348 g/mol. The van der Waals surface area contributed by atoms with Gasteiger partial charge in [0, 0.05) is 26.2 Å². The topological polar surface area (TPSA) is 76.4 Å². The molecule has 7 heteroatoms. The zero-order chi connectivity index (χ0) is 17.6. The largest absolute Gasteiger partial charge is 0.376 e. The Kier molecular flexibility index (Phi) is 6.29. The minimum atomic E-state index is 0.300. The van der Waals surface area contributed by atoms with Crippen molar-refractivity contribution in [3.8, 4) is 0 Å². The fourth-order valence-electron chi connectivity index (χ4n) is 3.67. The van der Waals surface area contributed by atoms with Gasteiger partial charge in [-0.25, -0.2) is 4.99 Å². The molecule has 25 heavy (non-hydrogen) atoms. The molecule has 2 aliphatic rings. The first-order valence-corrected chi connectivity index (χ1v) is 9.63. The number of rotatable bonds is 5. The van der Waals surface area contributed by atoms with Gasteiger partial charge in [0.25, 0.3) is 0 Å². The van der Waals surface area contributed by atoms with Crippen molar-refractivity contribution in [3.05, 3.63) is 11.6 Å². The summed E-state index contributed by atoms with van der Waals surface area (Å²) >= 11 is 0. The van der Waals surface area contributed by atoms with Crippen LogP contribution in [0.1, 0.15) is 57.1 Å². The summed E-state index contributed by atoms with van der Waals surface area (Å²) in [6.07, 6.45) is 7.65. The Bertz CT molecular complexity index is 578. The van der Waals surface area contributed by atoms with Crippen LogP contribution in [0.5, 0.6) is 0 Å². The smallest absolute Gasteiger partial charge is 0.192 e. The normalized spacial score (nSPS) is 27.5. The van der Waals surface area contributed by atoms with Crippen molar-refractivity contribution in [1.29, 1.82) is 0 Å². The van der Waals surface area contributed by atoms with Gasteiger partial charge in [-0.15, -0.1) is 10.2 Å². The Hall–Kier alpha value is -1.63. The molecule has 3 rings (SSSR count). The number of nitrogens with one attached hydrogen (secondary N) is 2. The summed E-state index contributed by atoms with van der Waals surface area (Å²) in [6.45, 7) is 6.52. The van der Waals surface area contributed by atoms with Crippen LogP contribution < -0.4 is 10.6 Å². The lowest BCUT2D eigenvalue weighted by atomic mass is 9.87. The first-order chi connectivity index (χ1) is 12.1. The van der Waals surface area contributed by atoms with E-state index in [-0.39, 0.29) is 0 Å². The van der Waals surface area contributed by atoms with Crippen molar-refractivity contribution in [1.82, 2.24) is 25.4 Å². The van der Waals surface area contributed by atoms with Crippen LogP contribution in [-0.4, -0.2) is 46.0 Å². The van der Waals surface area contributed by atoms with Crippen LogP contribution in [0.3, 0.4) is 0 Å².